The van der Waals surface area contributed by atoms with Crippen molar-refractivity contribution >= 4 is 17.3 Å². The standard InChI is InChI=1S/C22H23N3O2/c1-15-8-9-16(2)19(12-15)25-22(26)20-13-18(10-11-23-20)24-14-17-6-4-5-7-21(17)27-3/h4-13H,14H2,1-3H3,(H,23,24)(H,25,26). The number of amides is 1. The van der Waals surface area contributed by atoms with E-state index in [1.165, 1.54) is 0 Å². The molecule has 2 N–H and O–H groups in total. The molecule has 0 aliphatic rings. The van der Waals surface area contributed by atoms with E-state index in [0.29, 0.717) is 12.2 Å². The van der Waals surface area contributed by atoms with Gasteiger partial charge < -0.3 is 15.4 Å². The molecule has 1 heterocycles. The number of carbonyl (C=O) groups is 1. The van der Waals surface area contributed by atoms with E-state index in [-0.39, 0.29) is 5.91 Å². The molecule has 3 rings (SSSR count). The maximum Gasteiger partial charge on any atom is 0.274 e. The van der Waals surface area contributed by atoms with E-state index in [0.717, 1.165) is 33.8 Å². The number of carbonyl (C=O) groups excluding carboxylic acids is 1. The zero-order chi connectivity index (χ0) is 19.2. The second-order valence-electron chi connectivity index (χ2n) is 6.37. The van der Waals surface area contributed by atoms with Gasteiger partial charge in [0.1, 0.15) is 11.4 Å². The third-order valence-electron chi connectivity index (χ3n) is 4.31. The van der Waals surface area contributed by atoms with Gasteiger partial charge in [0.2, 0.25) is 0 Å². The first-order valence-electron chi connectivity index (χ1n) is 8.77. The van der Waals surface area contributed by atoms with E-state index in [4.69, 9.17) is 4.74 Å². The number of aryl methyl sites for hydroxylation is 2. The number of benzene rings is 2. The number of nitrogens with zero attached hydrogens (tertiary/aromatic N) is 1. The number of pyridine rings is 1. The highest BCUT2D eigenvalue weighted by Gasteiger charge is 2.10. The van der Waals surface area contributed by atoms with Crippen molar-refractivity contribution in [1.29, 1.82) is 0 Å². The van der Waals surface area contributed by atoms with E-state index in [2.05, 4.69) is 15.6 Å². The minimum atomic E-state index is -0.232. The molecule has 5 heteroatoms. The number of hydrogen-bond donors (Lipinski definition) is 2. The fourth-order valence-electron chi connectivity index (χ4n) is 2.77. The first-order valence-corrected chi connectivity index (χ1v) is 8.77. The van der Waals surface area contributed by atoms with Crippen molar-refractivity contribution in [3.8, 4) is 5.75 Å². The van der Waals surface area contributed by atoms with Crippen LogP contribution in [0.3, 0.4) is 0 Å². The minimum absolute atomic E-state index is 0.232. The number of nitrogens with one attached hydrogen (secondary N) is 2. The van der Waals surface area contributed by atoms with Crippen molar-refractivity contribution in [2.24, 2.45) is 0 Å². The van der Waals surface area contributed by atoms with Crippen LogP contribution in [0.5, 0.6) is 5.75 Å². The van der Waals surface area contributed by atoms with Crippen LogP contribution in [0.15, 0.2) is 60.8 Å². The van der Waals surface area contributed by atoms with Crippen LogP contribution in [0.25, 0.3) is 0 Å². The minimum Gasteiger partial charge on any atom is -0.496 e. The van der Waals surface area contributed by atoms with Crippen molar-refractivity contribution in [3.05, 3.63) is 83.2 Å². The number of methoxy groups -OCH3 is 1. The van der Waals surface area contributed by atoms with Gasteiger partial charge >= 0.3 is 0 Å². The summed E-state index contributed by atoms with van der Waals surface area (Å²) < 4.78 is 5.37. The largest absolute Gasteiger partial charge is 0.496 e. The van der Waals surface area contributed by atoms with Gasteiger partial charge in [-0.2, -0.15) is 0 Å². The summed E-state index contributed by atoms with van der Waals surface area (Å²) >= 11 is 0. The van der Waals surface area contributed by atoms with Crippen molar-refractivity contribution in [2.45, 2.75) is 20.4 Å². The topological polar surface area (TPSA) is 63.2 Å². The number of aromatic nitrogens is 1. The van der Waals surface area contributed by atoms with Crippen LogP contribution in [0.4, 0.5) is 11.4 Å². The molecule has 0 unspecified atom stereocenters. The molecule has 0 bridgehead atoms. The molecule has 138 valence electrons. The van der Waals surface area contributed by atoms with Crippen molar-refractivity contribution in [3.63, 3.8) is 0 Å². The van der Waals surface area contributed by atoms with Gasteiger partial charge in [-0.3, -0.25) is 9.78 Å². The van der Waals surface area contributed by atoms with Gasteiger partial charge in [0.05, 0.1) is 7.11 Å². The lowest BCUT2D eigenvalue weighted by atomic mass is 10.1. The lowest BCUT2D eigenvalue weighted by molar-refractivity contribution is 0.102. The summed E-state index contributed by atoms with van der Waals surface area (Å²) in [6.07, 6.45) is 1.63. The smallest absolute Gasteiger partial charge is 0.274 e. The van der Waals surface area contributed by atoms with Crippen LogP contribution in [0.2, 0.25) is 0 Å². The number of ether oxygens (including phenoxy) is 1. The quantitative estimate of drug-likeness (QED) is 0.675. The fourth-order valence-corrected chi connectivity index (χ4v) is 2.77. The Morgan fingerprint density at radius 3 is 2.70 bits per heavy atom. The normalized spacial score (nSPS) is 10.3. The number of anilines is 2. The van der Waals surface area contributed by atoms with Gasteiger partial charge in [-0.15, -0.1) is 0 Å². The molecule has 2 aromatic carbocycles. The second-order valence-corrected chi connectivity index (χ2v) is 6.37. The summed E-state index contributed by atoms with van der Waals surface area (Å²) in [6, 6.07) is 17.4. The number of para-hydroxylation sites is 1. The second kappa shape index (κ2) is 8.36. The molecule has 0 saturated carbocycles. The zero-order valence-corrected chi connectivity index (χ0v) is 15.7. The summed E-state index contributed by atoms with van der Waals surface area (Å²) in [5.74, 6) is 0.594. The molecule has 0 aliphatic carbocycles. The Morgan fingerprint density at radius 1 is 1.07 bits per heavy atom. The number of hydrogen-bond acceptors (Lipinski definition) is 4. The van der Waals surface area contributed by atoms with Gasteiger partial charge in [0.25, 0.3) is 5.91 Å². The zero-order valence-electron chi connectivity index (χ0n) is 15.7. The molecule has 3 aromatic rings. The summed E-state index contributed by atoms with van der Waals surface area (Å²) in [5, 5.41) is 6.25. The van der Waals surface area contributed by atoms with E-state index in [9.17, 15) is 4.79 Å². The van der Waals surface area contributed by atoms with E-state index >= 15 is 0 Å². The predicted octanol–water partition coefficient (Wildman–Crippen LogP) is 4.57. The van der Waals surface area contributed by atoms with Gasteiger partial charge in [-0.25, -0.2) is 0 Å². The molecule has 0 fully saturated rings. The fraction of sp³-hybridized carbons (Fsp3) is 0.182. The van der Waals surface area contributed by atoms with E-state index in [1.807, 2.05) is 62.4 Å². The Labute approximate surface area is 159 Å². The maximum absolute atomic E-state index is 12.6. The van der Waals surface area contributed by atoms with Crippen LogP contribution in [0, 0.1) is 13.8 Å². The highest BCUT2D eigenvalue weighted by Crippen LogP contribution is 2.20. The molecule has 0 atom stereocenters. The van der Waals surface area contributed by atoms with Crippen LogP contribution in [-0.4, -0.2) is 18.0 Å². The maximum atomic E-state index is 12.6. The molecular weight excluding hydrogens is 338 g/mol. The first-order chi connectivity index (χ1) is 13.1. The van der Waals surface area contributed by atoms with Crippen molar-refractivity contribution < 1.29 is 9.53 Å². The Balaban J connectivity index is 1.71. The predicted molar refractivity (Wildman–Crippen MR) is 108 cm³/mol. The molecule has 0 spiro atoms. The Bertz CT molecular complexity index is 954. The van der Waals surface area contributed by atoms with Crippen LogP contribution in [-0.2, 0) is 6.54 Å². The molecule has 0 aliphatic heterocycles. The SMILES string of the molecule is COc1ccccc1CNc1ccnc(C(=O)Nc2cc(C)ccc2C)c1. The summed E-state index contributed by atoms with van der Waals surface area (Å²) in [4.78, 5) is 16.8. The Morgan fingerprint density at radius 2 is 1.89 bits per heavy atom. The third-order valence-corrected chi connectivity index (χ3v) is 4.31. The molecule has 1 amide bonds. The third kappa shape index (κ3) is 4.64. The lowest BCUT2D eigenvalue weighted by Crippen LogP contribution is -2.15. The molecule has 1 aromatic heterocycles. The lowest BCUT2D eigenvalue weighted by Gasteiger charge is -2.12. The summed E-state index contributed by atoms with van der Waals surface area (Å²) in [5.41, 5.74) is 5.13. The Kier molecular flexibility index (Phi) is 5.71. The van der Waals surface area contributed by atoms with Crippen LogP contribution in [0.1, 0.15) is 27.2 Å². The van der Waals surface area contributed by atoms with E-state index < -0.39 is 0 Å². The Hall–Kier alpha value is -3.34. The first kappa shape index (κ1) is 18.5. The van der Waals surface area contributed by atoms with E-state index in [1.54, 1.807) is 19.4 Å². The molecular formula is C22H23N3O2. The highest BCUT2D eigenvalue weighted by molar-refractivity contribution is 6.03. The molecule has 0 radical (unpaired) electrons. The molecule has 27 heavy (non-hydrogen) atoms. The molecule has 0 saturated heterocycles. The monoisotopic (exact) mass is 361 g/mol. The van der Waals surface area contributed by atoms with Gasteiger partial charge in [0, 0.05) is 29.7 Å². The van der Waals surface area contributed by atoms with Crippen molar-refractivity contribution in [1.82, 2.24) is 4.98 Å². The van der Waals surface area contributed by atoms with Gasteiger partial charge in [0.15, 0.2) is 0 Å². The highest BCUT2D eigenvalue weighted by atomic mass is 16.5. The number of rotatable bonds is 6. The average molecular weight is 361 g/mol. The van der Waals surface area contributed by atoms with Crippen LogP contribution >= 0.6 is 0 Å². The summed E-state index contributed by atoms with van der Waals surface area (Å²) in [7, 11) is 1.65. The average Bonchev–Trinajstić information content (AvgIpc) is 2.69. The van der Waals surface area contributed by atoms with Crippen LogP contribution < -0.4 is 15.4 Å². The van der Waals surface area contributed by atoms with Crippen molar-refractivity contribution in [2.75, 3.05) is 17.7 Å². The van der Waals surface area contributed by atoms with Gasteiger partial charge in [-0.05, 0) is 49.2 Å². The summed E-state index contributed by atoms with van der Waals surface area (Å²) in [6.45, 7) is 4.55. The molecule has 5 nitrogen and oxygen atoms in total. The van der Waals surface area contributed by atoms with Gasteiger partial charge in [-0.1, -0.05) is 30.3 Å².